The topological polar surface area (TPSA) is 70.7 Å². The Kier molecular flexibility index (Phi) is 2.72. The fraction of sp³-hybridized carbons (Fsp3) is 0.0714. The molecule has 0 aliphatic carbocycles. The Morgan fingerprint density at radius 3 is 2.79 bits per heavy atom. The van der Waals surface area contributed by atoms with Crippen LogP contribution in [0.15, 0.2) is 42.9 Å². The number of nitrogens with one attached hydrogen (secondary N) is 2. The van der Waals surface area contributed by atoms with Gasteiger partial charge in [0.05, 0.1) is 18.1 Å². The van der Waals surface area contributed by atoms with Crippen LogP contribution in [0.3, 0.4) is 0 Å². The van der Waals surface area contributed by atoms with Crippen LogP contribution >= 0.6 is 0 Å². The van der Waals surface area contributed by atoms with Gasteiger partial charge in [-0.1, -0.05) is 6.07 Å². The number of amides is 1. The number of carbonyl (C=O) groups is 1. The van der Waals surface area contributed by atoms with Gasteiger partial charge in [0, 0.05) is 22.7 Å². The third kappa shape index (κ3) is 2.18. The fourth-order valence-electron chi connectivity index (χ4n) is 1.94. The Bertz CT molecular complexity index is 731. The van der Waals surface area contributed by atoms with E-state index in [0.29, 0.717) is 17.1 Å². The number of H-pyrrole nitrogens is 1. The van der Waals surface area contributed by atoms with Gasteiger partial charge in [0.2, 0.25) is 0 Å². The highest BCUT2D eigenvalue weighted by molar-refractivity contribution is 6.12. The zero-order chi connectivity index (χ0) is 13.2. The van der Waals surface area contributed by atoms with Crippen LogP contribution in [0, 0.1) is 6.92 Å². The van der Waals surface area contributed by atoms with E-state index in [1.807, 2.05) is 24.4 Å². The van der Waals surface area contributed by atoms with E-state index in [1.165, 1.54) is 0 Å². The third-order valence-electron chi connectivity index (χ3n) is 2.88. The number of nitrogens with zero attached hydrogens (tertiary/aromatic N) is 2. The minimum absolute atomic E-state index is 0.169. The van der Waals surface area contributed by atoms with Gasteiger partial charge in [-0.05, 0) is 25.1 Å². The van der Waals surface area contributed by atoms with Crippen LogP contribution < -0.4 is 5.32 Å². The van der Waals surface area contributed by atoms with Gasteiger partial charge in [-0.3, -0.25) is 4.79 Å². The van der Waals surface area contributed by atoms with E-state index in [0.717, 1.165) is 10.9 Å². The van der Waals surface area contributed by atoms with Crippen LogP contribution in [0.5, 0.6) is 0 Å². The summed E-state index contributed by atoms with van der Waals surface area (Å²) < 4.78 is 0. The lowest BCUT2D eigenvalue weighted by Gasteiger charge is -2.05. The molecule has 5 nitrogen and oxygen atoms in total. The standard InChI is InChI=1S/C14H12N4O/c1-9-16-7-10(8-17-9)18-14(19)12-3-2-4-13-11(12)5-6-15-13/h2-8,15H,1H3,(H,18,19). The smallest absolute Gasteiger partial charge is 0.256 e. The maximum absolute atomic E-state index is 12.2. The number of aromatic nitrogens is 3. The first-order valence-corrected chi connectivity index (χ1v) is 5.90. The molecule has 5 heteroatoms. The highest BCUT2D eigenvalue weighted by Crippen LogP contribution is 2.18. The van der Waals surface area contributed by atoms with Crippen LogP contribution in [0.2, 0.25) is 0 Å². The molecule has 2 heterocycles. The number of hydrogen-bond donors (Lipinski definition) is 2. The molecule has 0 unspecified atom stereocenters. The summed E-state index contributed by atoms with van der Waals surface area (Å²) in [6.07, 6.45) is 5.01. The van der Waals surface area contributed by atoms with Crippen molar-refractivity contribution in [3.63, 3.8) is 0 Å². The first-order valence-electron chi connectivity index (χ1n) is 5.90. The molecular formula is C14H12N4O. The Balaban J connectivity index is 1.92. The zero-order valence-electron chi connectivity index (χ0n) is 10.3. The first kappa shape index (κ1) is 11.4. The van der Waals surface area contributed by atoms with Crippen LogP contribution in [-0.2, 0) is 0 Å². The molecule has 0 fully saturated rings. The molecule has 3 rings (SSSR count). The van der Waals surface area contributed by atoms with E-state index in [9.17, 15) is 4.79 Å². The summed E-state index contributed by atoms with van der Waals surface area (Å²) in [6, 6.07) is 7.46. The number of anilines is 1. The van der Waals surface area contributed by atoms with E-state index >= 15 is 0 Å². The quantitative estimate of drug-likeness (QED) is 0.736. The number of hydrogen-bond acceptors (Lipinski definition) is 3. The van der Waals surface area contributed by atoms with E-state index < -0.39 is 0 Å². The molecule has 0 bridgehead atoms. The van der Waals surface area contributed by atoms with Crippen molar-refractivity contribution in [3.05, 3.63) is 54.2 Å². The average Bonchev–Trinajstić information content (AvgIpc) is 2.89. The maximum Gasteiger partial charge on any atom is 0.256 e. The normalized spacial score (nSPS) is 10.6. The maximum atomic E-state index is 12.2. The van der Waals surface area contributed by atoms with Gasteiger partial charge in [0.25, 0.3) is 5.91 Å². The summed E-state index contributed by atoms with van der Waals surface area (Å²) in [5.41, 5.74) is 2.15. The summed E-state index contributed by atoms with van der Waals surface area (Å²) in [5.74, 6) is 0.503. The summed E-state index contributed by atoms with van der Waals surface area (Å²) >= 11 is 0. The van der Waals surface area contributed by atoms with Crippen molar-refractivity contribution in [2.75, 3.05) is 5.32 Å². The van der Waals surface area contributed by atoms with Gasteiger partial charge in [0.1, 0.15) is 5.82 Å². The number of benzene rings is 1. The highest BCUT2D eigenvalue weighted by Gasteiger charge is 2.10. The number of aromatic amines is 1. The van der Waals surface area contributed by atoms with Crippen LogP contribution in [0.1, 0.15) is 16.2 Å². The van der Waals surface area contributed by atoms with E-state index in [2.05, 4.69) is 20.3 Å². The van der Waals surface area contributed by atoms with Crippen LogP contribution in [-0.4, -0.2) is 20.9 Å². The molecule has 0 saturated carbocycles. The summed E-state index contributed by atoms with van der Waals surface area (Å²) in [4.78, 5) is 23.4. The lowest BCUT2D eigenvalue weighted by Crippen LogP contribution is -2.12. The van der Waals surface area contributed by atoms with Crippen molar-refractivity contribution < 1.29 is 4.79 Å². The van der Waals surface area contributed by atoms with Gasteiger partial charge >= 0.3 is 0 Å². The van der Waals surface area contributed by atoms with Crippen molar-refractivity contribution in [2.45, 2.75) is 6.92 Å². The first-order chi connectivity index (χ1) is 9.24. The minimum atomic E-state index is -0.169. The third-order valence-corrected chi connectivity index (χ3v) is 2.88. The number of carbonyl (C=O) groups excluding carboxylic acids is 1. The molecule has 19 heavy (non-hydrogen) atoms. The highest BCUT2D eigenvalue weighted by atomic mass is 16.1. The molecule has 2 N–H and O–H groups in total. The Morgan fingerprint density at radius 1 is 1.21 bits per heavy atom. The minimum Gasteiger partial charge on any atom is -0.361 e. The van der Waals surface area contributed by atoms with Gasteiger partial charge in [0.15, 0.2) is 0 Å². The van der Waals surface area contributed by atoms with Gasteiger partial charge < -0.3 is 10.3 Å². The van der Waals surface area contributed by atoms with Crippen molar-refractivity contribution in [2.24, 2.45) is 0 Å². The van der Waals surface area contributed by atoms with Crippen molar-refractivity contribution in [1.82, 2.24) is 15.0 Å². The largest absolute Gasteiger partial charge is 0.361 e. The Morgan fingerprint density at radius 2 is 2.00 bits per heavy atom. The predicted molar refractivity (Wildman–Crippen MR) is 73.0 cm³/mol. The van der Waals surface area contributed by atoms with E-state index in [4.69, 9.17) is 0 Å². The molecular weight excluding hydrogens is 240 g/mol. The van der Waals surface area contributed by atoms with Crippen LogP contribution in [0.25, 0.3) is 10.9 Å². The van der Waals surface area contributed by atoms with Crippen molar-refractivity contribution in [3.8, 4) is 0 Å². The van der Waals surface area contributed by atoms with Gasteiger partial charge in [-0.15, -0.1) is 0 Å². The summed E-state index contributed by atoms with van der Waals surface area (Å²) in [7, 11) is 0. The average molecular weight is 252 g/mol. The van der Waals surface area contributed by atoms with E-state index in [-0.39, 0.29) is 5.91 Å². The number of aryl methyl sites for hydroxylation is 1. The molecule has 0 aliphatic rings. The monoisotopic (exact) mass is 252 g/mol. The molecule has 2 aromatic heterocycles. The Labute approximate surface area is 109 Å². The summed E-state index contributed by atoms with van der Waals surface area (Å²) in [5, 5.41) is 3.69. The molecule has 3 aromatic rings. The second kappa shape index (κ2) is 4.53. The van der Waals surface area contributed by atoms with Crippen LogP contribution in [0.4, 0.5) is 5.69 Å². The van der Waals surface area contributed by atoms with Crippen molar-refractivity contribution >= 4 is 22.5 Å². The number of rotatable bonds is 2. The molecule has 0 spiro atoms. The fourth-order valence-corrected chi connectivity index (χ4v) is 1.94. The SMILES string of the molecule is Cc1ncc(NC(=O)c2cccc3[nH]ccc23)cn1. The van der Waals surface area contributed by atoms with E-state index in [1.54, 1.807) is 25.4 Å². The molecule has 94 valence electrons. The van der Waals surface area contributed by atoms with Gasteiger partial charge in [-0.2, -0.15) is 0 Å². The molecule has 0 aliphatic heterocycles. The van der Waals surface area contributed by atoms with Gasteiger partial charge in [-0.25, -0.2) is 9.97 Å². The second-order valence-corrected chi connectivity index (χ2v) is 4.22. The summed E-state index contributed by atoms with van der Waals surface area (Å²) in [6.45, 7) is 1.80. The lowest BCUT2D eigenvalue weighted by atomic mass is 10.1. The second-order valence-electron chi connectivity index (χ2n) is 4.22. The molecule has 1 aromatic carbocycles. The molecule has 0 atom stereocenters. The van der Waals surface area contributed by atoms with Crippen molar-refractivity contribution in [1.29, 1.82) is 0 Å². The molecule has 1 amide bonds. The predicted octanol–water partition coefficient (Wildman–Crippen LogP) is 2.52. The molecule has 0 saturated heterocycles. The number of fused-ring (bicyclic) bond motifs is 1. The zero-order valence-corrected chi connectivity index (χ0v) is 10.3. The Hall–Kier alpha value is -2.69. The molecule has 0 radical (unpaired) electrons. The lowest BCUT2D eigenvalue weighted by molar-refractivity contribution is 0.102.